The van der Waals surface area contributed by atoms with E-state index in [-0.39, 0.29) is 54.1 Å². The Morgan fingerprint density at radius 2 is 1.44 bits per heavy atom. The molecule has 0 saturated carbocycles. The summed E-state index contributed by atoms with van der Waals surface area (Å²) in [6.45, 7) is 0.143. The van der Waals surface area contributed by atoms with Crippen LogP contribution in [0.4, 0.5) is 17.5 Å². The first kappa shape index (κ1) is 48.9. The van der Waals surface area contributed by atoms with Crippen molar-refractivity contribution in [2.75, 3.05) is 35.3 Å². The van der Waals surface area contributed by atoms with Crippen LogP contribution in [0.25, 0.3) is 0 Å². The molecule has 5 atom stereocenters. The molecule has 3 rings (SSSR count). The van der Waals surface area contributed by atoms with E-state index in [1.165, 1.54) is 0 Å². The number of hydrazine groups is 3. The van der Waals surface area contributed by atoms with E-state index in [2.05, 4.69) is 38.7 Å². The van der Waals surface area contributed by atoms with Gasteiger partial charge in [-0.2, -0.15) is 17.6 Å². The van der Waals surface area contributed by atoms with Crippen LogP contribution < -0.4 is 32.3 Å². The van der Waals surface area contributed by atoms with Crippen molar-refractivity contribution >= 4 is 77.8 Å². The summed E-state index contributed by atoms with van der Waals surface area (Å²) in [5.74, 6) is -14.5. The fourth-order valence-electron chi connectivity index (χ4n) is 6.51. The zero-order valence-electron chi connectivity index (χ0n) is 32.6. The van der Waals surface area contributed by atoms with Gasteiger partial charge >= 0.3 is 41.8 Å². The maximum atomic E-state index is 14.8. The van der Waals surface area contributed by atoms with Gasteiger partial charge in [-0.1, -0.05) is 6.08 Å². The second-order valence-electron chi connectivity index (χ2n) is 13.8. The highest BCUT2D eigenvalue weighted by Gasteiger charge is 2.49. The first-order valence-corrected chi connectivity index (χ1v) is 19.2. The number of carboxylic acids is 7. The predicted molar refractivity (Wildman–Crippen MR) is 211 cm³/mol. The Kier molecular flexibility index (Phi) is 17.8. The van der Waals surface area contributed by atoms with Crippen LogP contribution in [0, 0.1) is 5.92 Å². The van der Waals surface area contributed by atoms with E-state index in [1.807, 2.05) is 0 Å². The number of amides is 1. The summed E-state index contributed by atoms with van der Waals surface area (Å²) in [5.41, 5.74) is 8.71. The number of H-pyrrole nitrogens is 1. The van der Waals surface area contributed by atoms with E-state index in [0.29, 0.717) is 21.5 Å². The molecule has 1 unspecified atom stereocenters. The van der Waals surface area contributed by atoms with Gasteiger partial charge < -0.3 is 57.0 Å². The van der Waals surface area contributed by atoms with Gasteiger partial charge in [0.25, 0.3) is 5.56 Å². The van der Waals surface area contributed by atoms with Crippen LogP contribution >= 0.6 is 12.6 Å². The van der Waals surface area contributed by atoms with Crippen LogP contribution in [0.3, 0.4) is 0 Å². The SMILES string of the molecule is CN1C(CNC2=CCC(C(=O)N([C@@H](CCS)C(=O)O)N([C@@H](CCC(=O)O)C(=O)O)N(N[C@@H](CCC(=O)O)C(=O)O)[C@@H](CCC(=O)O)C(=O)O)CC2)=CNc2nc(N)[nH]c(=O)c21. The molecule has 336 valence electrons. The number of anilines is 3. The summed E-state index contributed by atoms with van der Waals surface area (Å²) in [7, 11) is 1.62. The lowest BCUT2D eigenvalue weighted by Gasteiger charge is -2.49. The second-order valence-corrected chi connectivity index (χ2v) is 14.2. The summed E-state index contributed by atoms with van der Waals surface area (Å²) >= 11 is 4.10. The van der Waals surface area contributed by atoms with Gasteiger partial charge in [-0.05, 0) is 50.7 Å². The van der Waals surface area contributed by atoms with Gasteiger partial charge in [0, 0.05) is 44.1 Å². The van der Waals surface area contributed by atoms with E-state index >= 15 is 0 Å². The highest BCUT2D eigenvalue weighted by molar-refractivity contribution is 7.80. The Balaban J connectivity index is 2.16. The van der Waals surface area contributed by atoms with Crippen LogP contribution in [0.2, 0.25) is 0 Å². The minimum Gasteiger partial charge on any atom is -0.481 e. The molecule has 2 aliphatic rings. The van der Waals surface area contributed by atoms with Crippen LogP contribution in [0.1, 0.15) is 64.2 Å². The normalized spacial score (nSPS) is 16.8. The molecule has 61 heavy (non-hydrogen) atoms. The number of carbonyl (C=O) groups is 8. The van der Waals surface area contributed by atoms with Crippen molar-refractivity contribution < 1.29 is 74.1 Å². The fourth-order valence-corrected chi connectivity index (χ4v) is 6.76. The van der Waals surface area contributed by atoms with Gasteiger partial charge in [0.1, 0.15) is 24.2 Å². The summed E-state index contributed by atoms with van der Waals surface area (Å²) in [5, 5.41) is 77.0. The number of hydrogen-bond donors (Lipinski definition) is 13. The van der Waals surface area contributed by atoms with Crippen molar-refractivity contribution in [3.05, 3.63) is 34.0 Å². The lowest BCUT2D eigenvalue weighted by atomic mass is 9.91. The molecule has 0 bridgehead atoms. The van der Waals surface area contributed by atoms with Crippen molar-refractivity contribution in [3.8, 4) is 0 Å². The smallest absolute Gasteiger partial charge is 0.328 e. The molecule has 0 saturated heterocycles. The zero-order valence-corrected chi connectivity index (χ0v) is 33.5. The third-order valence-corrected chi connectivity index (χ3v) is 9.86. The summed E-state index contributed by atoms with van der Waals surface area (Å²) in [4.78, 5) is 122. The predicted octanol–water partition coefficient (Wildman–Crippen LogP) is -1.18. The molecule has 1 aromatic heterocycles. The number of likely N-dealkylation sites (N-methyl/N-ethyl adjacent to an activating group) is 1. The molecule has 26 nitrogen and oxygen atoms in total. The Bertz CT molecular complexity index is 1980. The van der Waals surface area contributed by atoms with Gasteiger partial charge in [0.2, 0.25) is 11.9 Å². The van der Waals surface area contributed by atoms with Crippen molar-refractivity contribution in [1.82, 2.24) is 36.0 Å². The third-order valence-electron chi connectivity index (χ3n) is 9.60. The Hall–Kier alpha value is -6.45. The molecule has 1 aromatic rings. The number of nitrogens with one attached hydrogen (secondary N) is 4. The van der Waals surface area contributed by atoms with Crippen LogP contribution in [0.5, 0.6) is 0 Å². The first-order valence-electron chi connectivity index (χ1n) is 18.5. The standard InChI is InChI=1S/C34H48N10O16S/c1-41-18(15-37-27-26(41)28(51)39-34(35)38-27)14-36-17-4-2-16(3-5-17)29(52)42(20(12-13-61)31(55)56)44(22(33(59)60)8-11-25(49)50)43(21(32(57)58)7-10-24(47)48)40-19(30(53)54)6-9-23(45)46/h4,15-16,19-22,36,40,61H,2-3,5-14H2,1H3,(H,45,46)(H,47,48)(H,49,50)(H,53,54)(H,55,56)(H,57,58)(H,59,60)(H4,35,37,38,39,51)/t16?,19-,20-,21-,22-/m0/s1. The second kappa shape index (κ2) is 22.2. The fraction of sp³-hybridized carbons (Fsp3) is 0.529. The maximum Gasteiger partial charge on any atom is 0.328 e. The number of carboxylic acid groups (broad SMARTS) is 7. The van der Waals surface area contributed by atoms with E-state index < -0.39 is 128 Å². The van der Waals surface area contributed by atoms with Crippen molar-refractivity contribution in [2.45, 2.75) is 88.4 Å². The Labute approximate surface area is 351 Å². The molecule has 13 N–H and O–H groups in total. The molecule has 27 heteroatoms. The molecule has 1 aliphatic carbocycles. The number of aromatic amines is 1. The average Bonchev–Trinajstić information content (AvgIpc) is 3.16. The summed E-state index contributed by atoms with van der Waals surface area (Å²) < 4.78 is 0. The number of hydrogen-bond acceptors (Lipinski definition) is 18. The number of nitrogens with two attached hydrogens (primary N) is 1. The minimum absolute atomic E-state index is 0.0356. The quantitative estimate of drug-likeness (QED) is 0.0385. The van der Waals surface area contributed by atoms with E-state index in [1.54, 1.807) is 24.2 Å². The molecule has 0 spiro atoms. The highest BCUT2D eigenvalue weighted by atomic mass is 32.1. The number of aromatic nitrogens is 2. The lowest BCUT2D eigenvalue weighted by Crippen LogP contribution is -2.73. The Morgan fingerprint density at radius 1 is 0.869 bits per heavy atom. The average molecular weight is 885 g/mol. The van der Waals surface area contributed by atoms with Crippen LogP contribution in [-0.2, 0) is 38.4 Å². The number of nitrogen functional groups attached to an aromatic ring is 1. The number of rotatable bonds is 26. The number of fused-ring (bicyclic) bond motifs is 1. The lowest BCUT2D eigenvalue weighted by molar-refractivity contribution is -0.266. The van der Waals surface area contributed by atoms with Crippen LogP contribution in [0.15, 0.2) is 28.5 Å². The van der Waals surface area contributed by atoms with Gasteiger partial charge in [0.15, 0.2) is 11.5 Å². The van der Waals surface area contributed by atoms with E-state index in [4.69, 9.17) is 5.73 Å². The van der Waals surface area contributed by atoms with Crippen molar-refractivity contribution in [3.63, 3.8) is 0 Å². The zero-order chi connectivity index (χ0) is 45.7. The molecular formula is C34H48N10O16S. The number of thiol groups is 1. The van der Waals surface area contributed by atoms with Crippen molar-refractivity contribution in [1.29, 1.82) is 0 Å². The molecule has 0 fully saturated rings. The molecular weight excluding hydrogens is 836 g/mol. The molecule has 0 radical (unpaired) electrons. The molecule has 2 heterocycles. The maximum absolute atomic E-state index is 14.8. The van der Waals surface area contributed by atoms with E-state index in [0.717, 1.165) is 0 Å². The molecule has 1 amide bonds. The largest absolute Gasteiger partial charge is 0.481 e. The molecule has 1 aliphatic heterocycles. The number of nitrogens with zero attached hydrogens (tertiary/aromatic N) is 5. The van der Waals surface area contributed by atoms with Crippen LogP contribution in [-0.4, -0.2) is 152 Å². The van der Waals surface area contributed by atoms with Crippen molar-refractivity contribution in [2.24, 2.45) is 5.92 Å². The van der Waals surface area contributed by atoms with Gasteiger partial charge in [-0.3, -0.25) is 43.3 Å². The minimum atomic E-state index is -2.34. The Morgan fingerprint density at radius 3 is 1.95 bits per heavy atom. The van der Waals surface area contributed by atoms with Gasteiger partial charge in [-0.25, -0.2) is 15.2 Å². The number of aliphatic carboxylic acids is 7. The topological polar surface area (TPSA) is 399 Å². The number of allylic oxidation sites excluding steroid dienone is 2. The van der Waals surface area contributed by atoms with Gasteiger partial charge in [0.05, 0.1) is 12.2 Å². The first-order chi connectivity index (χ1) is 28.7. The monoisotopic (exact) mass is 884 g/mol. The summed E-state index contributed by atoms with van der Waals surface area (Å²) in [6.07, 6.45) is -2.82. The number of carbonyl (C=O) groups excluding carboxylic acids is 1. The summed E-state index contributed by atoms with van der Waals surface area (Å²) in [6, 6.07) is -8.79. The highest BCUT2D eigenvalue weighted by Crippen LogP contribution is 2.31. The van der Waals surface area contributed by atoms with Gasteiger partial charge in [-0.15, -0.1) is 10.2 Å². The third kappa shape index (κ3) is 13.3. The molecule has 0 aromatic carbocycles. The van der Waals surface area contributed by atoms with E-state index in [9.17, 15) is 78.9 Å².